The van der Waals surface area contributed by atoms with Crippen molar-refractivity contribution in [2.75, 3.05) is 13.1 Å². The lowest BCUT2D eigenvalue weighted by Crippen LogP contribution is -2.42. The second kappa shape index (κ2) is 5.75. The van der Waals surface area contributed by atoms with Crippen LogP contribution in [0.2, 0.25) is 0 Å². The molecular weight excluding hydrogens is 268 g/mol. The van der Waals surface area contributed by atoms with Crippen LogP contribution in [-0.4, -0.2) is 31.7 Å². The molecule has 1 aliphatic rings. The fraction of sp³-hybridized carbons (Fsp3) is 0.583. The summed E-state index contributed by atoms with van der Waals surface area (Å²) in [7, 11) is -3.66. The van der Waals surface area contributed by atoms with Crippen molar-refractivity contribution in [1.82, 2.24) is 9.03 Å². The molecule has 0 spiro atoms. The van der Waals surface area contributed by atoms with Gasteiger partial charge in [-0.2, -0.15) is 12.7 Å². The van der Waals surface area contributed by atoms with E-state index in [1.807, 2.05) is 13.0 Å². The topological polar surface area (TPSA) is 79.6 Å². The normalized spacial score (nSPS) is 16.7. The van der Waals surface area contributed by atoms with Gasteiger partial charge < -0.3 is 4.42 Å². The average molecular weight is 286 g/mol. The summed E-state index contributed by atoms with van der Waals surface area (Å²) in [5, 5.41) is 0. The lowest BCUT2D eigenvalue weighted by atomic mass is 10.2. The second-order valence-corrected chi connectivity index (χ2v) is 6.32. The van der Waals surface area contributed by atoms with Gasteiger partial charge in [0.2, 0.25) is 5.91 Å². The molecule has 1 aliphatic heterocycles. The first-order valence-electron chi connectivity index (χ1n) is 6.33. The molecule has 0 saturated carbocycles. The molecule has 2 rings (SSSR count). The minimum atomic E-state index is -3.66. The Balaban J connectivity index is 1.83. The molecule has 0 aromatic carbocycles. The van der Waals surface area contributed by atoms with Crippen molar-refractivity contribution < 1.29 is 17.6 Å². The van der Waals surface area contributed by atoms with Gasteiger partial charge in [0, 0.05) is 25.9 Å². The van der Waals surface area contributed by atoms with Crippen LogP contribution >= 0.6 is 0 Å². The zero-order valence-corrected chi connectivity index (χ0v) is 11.7. The molecular formula is C12H18N2O4S. The minimum Gasteiger partial charge on any atom is -0.466 e. The quantitative estimate of drug-likeness (QED) is 0.875. The molecule has 6 nitrogen and oxygen atoms in total. The first kappa shape index (κ1) is 14.1. The zero-order chi connectivity index (χ0) is 13.9. The molecule has 106 valence electrons. The second-order valence-electron chi connectivity index (χ2n) is 4.65. The number of nitrogens with one attached hydrogen (secondary N) is 1. The summed E-state index contributed by atoms with van der Waals surface area (Å²) < 4.78 is 32.4. The van der Waals surface area contributed by atoms with E-state index in [0.717, 1.165) is 18.6 Å². The molecule has 7 heteroatoms. The van der Waals surface area contributed by atoms with Crippen molar-refractivity contribution in [2.24, 2.45) is 0 Å². The Hall–Kier alpha value is -1.34. The van der Waals surface area contributed by atoms with Crippen LogP contribution < -0.4 is 4.72 Å². The van der Waals surface area contributed by atoms with Crippen LogP contribution in [-0.2, 0) is 21.4 Å². The summed E-state index contributed by atoms with van der Waals surface area (Å²) in [6, 6.07) is 3.60. The molecule has 1 N–H and O–H groups in total. The summed E-state index contributed by atoms with van der Waals surface area (Å²) in [4.78, 5) is 11.6. The van der Waals surface area contributed by atoms with Crippen LogP contribution in [0.1, 0.15) is 30.8 Å². The van der Waals surface area contributed by atoms with E-state index in [-0.39, 0.29) is 6.42 Å². The average Bonchev–Trinajstić information content (AvgIpc) is 2.96. The van der Waals surface area contributed by atoms with E-state index in [2.05, 4.69) is 4.72 Å². The Morgan fingerprint density at radius 1 is 1.37 bits per heavy atom. The zero-order valence-electron chi connectivity index (χ0n) is 10.9. The van der Waals surface area contributed by atoms with E-state index in [0.29, 0.717) is 25.3 Å². The molecule has 0 radical (unpaired) electrons. The smallest absolute Gasteiger partial charge is 0.303 e. The molecule has 2 heterocycles. The first-order chi connectivity index (χ1) is 8.97. The number of hydrogen-bond donors (Lipinski definition) is 1. The number of nitrogens with zero attached hydrogens (tertiary/aromatic N) is 1. The predicted octanol–water partition coefficient (Wildman–Crippen LogP) is 0.977. The number of amides is 1. The summed E-state index contributed by atoms with van der Waals surface area (Å²) in [5.74, 6) is 0.965. The Morgan fingerprint density at radius 2 is 2.05 bits per heavy atom. The van der Waals surface area contributed by atoms with Gasteiger partial charge in [0.15, 0.2) is 0 Å². The molecule has 0 bridgehead atoms. The maximum atomic E-state index is 11.8. The van der Waals surface area contributed by atoms with Crippen LogP contribution in [0, 0.1) is 6.92 Å². The minimum absolute atomic E-state index is 0.0972. The summed E-state index contributed by atoms with van der Waals surface area (Å²) in [6.45, 7) is 2.79. The molecule has 19 heavy (non-hydrogen) atoms. The summed E-state index contributed by atoms with van der Waals surface area (Å²) in [6.07, 6.45) is 2.19. The number of aryl methyl sites for hydroxylation is 2. The van der Waals surface area contributed by atoms with E-state index in [1.165, 1.54) is 4.31 Å². The number of carbonyl (C=O) groups is 1. The molecule has 0 unspecified atom stereocenters. The van der Waals surface area contributed by atoms with Gasteiger partial charge in [-0.25, -0.2) is 4.72 Å². The fourth-order valence-corrected chi connectivity index (χ4v) is 3.30. The van der Waals surface area contributed by atoms with E-state index in [1.54, 1.807) is 6.07 Å². The lowest BCUT2D eigenvalue weighted by molar-refractivity contribution is -0.119. The highest BCUT2D eigenvalue weighted by atomic mass is 32.2. The molecule has 1 aromatic rings. The van der Waals surface area contributed by atoms with Crippen molar-refractivity contribution in [2.45, 2.75) is 32.6 Å². The predicted molar refractivity (Wildman–Crippen MR) is 69.6 cm³/mol. The molecule has 1 fully saturated rings. The third-order valence-electron chi connectivity index (χ3n) is 3.04. The van der Waals surface area contributed by atoms with Gasteiger partial charge in [0.05, 0.1) is 0 Å². The Kier molecular flexibility index (Phi) is 4.26. The highest BCUT2D eigenvalue weighted by Gasteiger charge is 2.26. The fourth-order valence-electron chi connectivity index (χ4n) is 2.04. The highest BCUT2D eigenvalue weighted by molar-refractivity contribution is 7.87. The van der Waals surface area contributed by atoms with Crippen molar-refractivity contribution in [3.05, 3.63) is 23.7 Å². The maximum Gasteiger partial charge on any atom is 0.303 e. The van der Waals surface area contributed by atoms with Gasteiger partial charge in [0.25, 0.3) is 0 Å². The number of carbonyl (C=O) groups excluding carboxylic acids is 1. The van der Waals surface area contributed by atoms with Crippen LogP contribution in [0.25, 0.3) is 0 Å². The first-order valence-corrected chi connectivity index (χ1v) is 7.77. The molecule has 1 aromatic heterocycles. The molecule has 0 atom stereocenters. The van der Waals surface area contributed by atoms with E-state index in [9.17, 15) is 13.2 Å². The van der Waals surface area contributed by atoms with Gasteiger partial charge in [0.1, 0.15) is 11.5 Å². The van der Waals surface area contributed by atoms with Gasteiger partial charge in [-0.3, -0.25) is 4.79 Å². The third kappa shape index (κ3) is 3.81. The third-order valence-corrected chi connectivity index (χ3v) is 4.57. The van der Waals surface area contributed by atoms with Crippen LogP contribution in [0.15, 0.2) is 16.5 Å². The Labute approximate surface area is 113 Å². The Bertz CT molecular complexity index is 544. The maximum absolute atomic E-state index is 11.8. The Morgan fingerprint density at radius 3 is 2.63 bits per heavy atom. The highest BCUT2D eigenvalue weighted by Crippen LogP contribution is 2.12. The van der Waals surface area contributed by atoms with E-state index < -0.39 is 16.1 Å². The standard InChI is InChI=1S/C12H18N2O4S/c1-10-4-5-11(18-10)6-7-12(15)13-19(16,17)14-8-2-3-9-14/h4-5H,2-3,6-9H2,1H3,(H,13,15). The number of hydrogen-bond acceptors (Lipinski definition) is 4. The van der Waals surface area contributed by atoms with Crippen LogP contribution in [0.5, 0.6) is 0 Å². The van der Waals surface area contributed by atoms with Crippen LogP contribution in [0.3, 0.4) is 0 Å². The van der Waals surface area contributed by atoms with E-state index >= 15 is 0 Å². The monoisotopic (exact) mass is 286 g/mol. The van der Waals surface area contributed by atoms with Crippen molar-refractivity contribution >= 4 is 16.1 Å². The molecule has 1 saturated heterocycles. The van der Waals surface area contributed by atoms with Crippen molar-refractivity contribution in [3.8, 4) is 0 Å². The summed E-state index contributed by atoms with van der Waals surface area (Å²) >= 11 is 0. The van der Waals surface area contributed by atoms with Gasteiger partial charge in [-0.15, -0.1) is 0 Å². The van der Waals surface area contributed by atoms with E-state index in [4.69, 9.17) is 4.42 Å². The van der Waals surface area contributed by atoms with Crippen molar-refractivity contribution in [1.29, 1.82) is 0 Å². The molecule has 1 amide bonds. The largest absolute Gasteiger partial charge is 0.466 e. The SMILES string of the molecule is Cc1ccc(CCC(=O)NS(=O)(=O)N2CCCC2)o1. The number of furan rings is 1. The van der Waals surface area contributed by atoms with Gasteiger partial charge in [-0.1, -0.05) is 0 Å². The summed E-state index contributed by atoms with van der Waals surface area (Å²) in [5.41, 5.74) is 0. The number of rotatable bonds is 5. The van der Waals surface area contributed by atoms with Crippen LogP contribution in [0.4, 0.5) is 0 Å². The van der Waals surface area contributed by atoms with Crippen molar-refractivity contribution in [3.63, 3.8) is 0 Å². The molecule has 0 aliphatic carbocycles. The van der Waals surface area contributed by atoms with Gasteiger partial charge in [-0.05, 0) is 31.9 Å². The van der Waals surface area contributed by atoms with Gasteiger partial charge >= 0.3 is 10.2 Å². The lowest BCUT2D eigenvalue weighted by Gasteiger charge is -2.15.